The number of hydrogen-bond donors (Lipinski definition) is 3. The molecule has 0 amide bonds. The number of aromatic amines is 1. The molecule has 3 heterocycles. The highest BCUT2D eigenvalue weighted by Crippen LogP contribution is 2.40. The maximum absolute atomic E-state index is 11.8. The Hall–Kier alpha value is -1.48. The summed E-state index contributed by atoms with van der Waals surface area (Å²) >= 11 is 0. The van der Waals surface area contributed by atoms with Crippen LogP contribution in [0, 0.1) is 6.92 Å². The molecule has 1 spiro atoms. The third kappa shape index (κ3) is 1.68. The van der Waals surface area contributed by atoms with Crippen molar-refractivity contribution in [1.82, 2.24) is 9.55 Å². The summed E-state index contributed by atoms with van der Waals surface area (Å²) in [5, 5.41) is 20.0. The minimum Gasteiger partial charge on any atom is -0.387 e. The van der Waals surface area contributed by atoms with E-state index in [9.17, 15) is 19.8 Å². The van der Waals surface area contributed by atoms with Gasteiger partial charge in [0.05, 0.1) is 13.2 Å². The number of hydrogen-bond acceptors (Lipinski definition) is 6. The van der Waals surface area contributed by atoms with E-state index >= 15 is 0 Å². The fourth-order valence-electron chi connectivity index (χ4n) is 2.39. The van der Waals surface area contributed by atoms with Gasteiger partial charge >= 0.3 is 5.69 Å². The molecule has 0 aromatic carbocycles. The van der Waals surface area contributed by atoms with Gasteiger partial charge in [0, 0.05) is 11.8 Å². The Balaban J connectivity index is 2.02. The fraction of sp³-hybridized carbons (Fsp3) is 0.636. The highest BCUT2D eigenvalue weighted by Gasteiger charge is 2.59. The molecule has 1 aromatic rings. The smallest absolute Gasteiger partial charge is 0.330 e. The van der Waals surface area contributed by atoms with Crippen molar-refractivity contribution >= 4 is 0 Å². The summed E-state index contributed by atoms with van der Waals surface area (Å²) in [6.07, 6.45) is -2.13. The number of H-pyrrole nitrogens is 1. The molecule has 104 valence electrons. The molecule has 2 saturated heterocycles. The van der Waals surface area contributed by atoms with Crippen molar-refractivity contribution in [3.05, 3.63) is 32.6 Å². The van der Waals surface area contributed by atoms with Crippen LogP contribution in [0.2, 0.25) is 0 Å². The first kappa shape index (κ1) is 12.5. The number of aromatic nitrogens is 2. The van der Waals surface area contributed by atoms with Crippen LogP contribution in [-0.2, 0) is 9.47 Å². The molecule has 8 heteroatoms. The van der Waals surface area contributed by atoms with Gasteiger partial charge in [-0.2, -0.15) is 0 Å². The number of aryl methyl sites for hydroxylation is 1. The van der Waals surface area contributed by atoms with Crippen molar-refractivity contribution in [3.63, 3.8) is 0 Å². The summed E-state index contributed by atoms with van der Waals surface area (Å²) < 4.78 is 11.7. The Morgan fingerprint density at radius 3 is 2.63 bits per heavy atom. The normalized spacial score (nSPS) is 32.5. The molecule has 3 atom stereocenters. The van der Waals surface area contributed by atoms with Crippen LogP contribution >= 0.6 is 0 Å². The van der Waals surface area contributed by atoms with E-state index in [1.807, 2.05) is 0 Å². The molecule has 2 fully saturated rings. The van der Waals surface area contributed by atoms with E-state index < -0.39 is 35.3 Å². The molecule has 1 aromatic heterocycles. The third-order valence-electron chi connectivity index (χ3n) is 3.62. The van der Waals surface area contributed by atoms with E-state index in [1.54, 1.807) is 0 Å². The maximum atomic E-state index is 11.8. The van der Waals surface area contributed by atoms with Crippen LogP contribution in [0.15, 0.2) is 15.8 Å². The van der Waals surface area contributed by atoms with Crippen LogP contribution in [0.25, 0.3) is 0 Å². The van der Waals surface area contributed by atoms with Gasteiger partial charge in [0.1, 0.15) is 17.8 Å². The van der Waals surface area contributed by atoms with Crippen LogP contribution in [0.4, 0.5) is 0 Å². The van der Waals surface area contributed by atoms with E-state index in [1.165, 1.54) is 13.1 Å². The van der Waals surface area contributed by atoms with Gasteiger partial charge < -0.3 is 19.7 Å². The Labute approximate surface area is 107 Å². The lowest BCUT2D eigenvalue weighted by Crippen LogP contribution is -2.58. The fourth-order valence-corrected chi connectivity index (χ4v) is 2.39. The van der Waals surface area contributed by atoms with Crippen LogP contribution in [0.5, 0.6) is 0 Å². The number of nitrogens with one attached hydrogen (secondary N) is 1. The van der Waals surface area contributed by atoms with Crippen molar-refractivity contribution < 1.29 is 19.7 Å². The molecule has 19 heavy (non-hydrogen) atoms. The van der Waals surface area contributed by atoms with Gasteiger partial charge in [0.25, 0.3) is 5.56 Å². The molecule has 0 bridgehead atoms. The summed E-state index contributed by atoms with van der Waals surface area (Å²) in [7, 11) is 0. The Bertz CT molecular complexity index is 616. The maximum Gasteiger partial charge on any atom is 0.330 e. The molecule has 2 aliphatic rings. The first-order chi connectivity index (χ1) is 8.94. The van der Waals surface area contributed by atoms with E-state index in [4.69, 9.17) is 9.47 Å². The molecular weight excluding hydrogens is 256 g/mol. The van der Waals surface area contributed by atoms with Gasteiger partial charge in [-0.1, -0.05) is 0 Å². The number of aliphatic hydroxyl groups excluding tert-OH is 2. The Kier molecular flexibility index (Phi) is 2.65. The first-order valence-electron chi connectivity index (χ1n) is 5.88. The lowest BCUT2D eigenvalue weighted by molar-refractivity contribution is -0.236. The number of ether oxygens (including phenoxy) is 2. The van der Waals surface area contributed by atoms with Crippen LogP contribution in [0.1, 0.15) is 11.8 Å². The highest BCUT2D eigenvalue weighted by molar-refractivity contribution is 5.08. The Morgan fingerprint density at radius 2 is 2.11 bits per heavy atom. The largest absolute Gasteiger partial charge is 0.387 e. The van der Waals surface area contributed by atoms with Gasteiger partial charge in [0.2, 0.25) is 0 Å². The second kappa shape index (κ2) is 4.01. The van der Waals surface area contributed by atoms with Gasteiger partial charge in [-0.3, -0.25) is 14.3 Å². The zero-order chi connectivity index (χ0) is 13.8. The minimum atomic E-state index is -1.26. The quantitative estimate of drug-likeness (QED) is 0.537. The predicted molar refractivity (Wildman–Crippen MR) is 61.7 cm³/mol. The third-order valence-corrected chi connectivity index (χ3v) is 3.62. The van der Waals surface area contributed by atoms with Gasteiger partial charge in [-0.25, -0.2) is 4.79 Å². The molecule has 0 unspecified atom stereocenters. The zero-order valence-electron chi connectivity index (χ0n) is 10.2. The number of nitrogens with zero attached hydrogens (tertiary/aromatic N) is 1. The molecule has 0 aliphatic carbocycles. The summed E-state index contributed by atoms with van der Waals surface area (Å²) in [5.74, 6) is 0. The molecule has 3 N–H and O–H groups in total. The van der Waals surface area contributed by atoms with Crippen LogP contribution in [-0.4, -0.2) is 50.8 Å². The van der Waals surface area contributed by atoms with Crippen LogP contribution < -0.4 is 11.2 Å². The summed E-state index contributed by atoms with van der Waals surface area (Å²) in [5.41, 5.74) is -1.83. The van der Waals surface area contributed by atoms with E-state index in [-0.39, 0.29) is 13.2 Å². The summed E-state index contributed by atoms with van der Waals surface area (Å²) in [4.78, 5) is 25.2. The number of aliphatic hydroxyl groups is 2. The van der Waals surface area contributed by atoms with Crippen molar-refractivity contribution in [2.24, 2.45) is 0 Å². The lowest BCUT2D eigenvalue weighted by atomic mass is 9.93. The summed E-state index contributed by atoms with van der Waals surface area (Å²) in [6.45, 7) is 1.87. The standard InChI is InChI=1S/C11H14N2O6/c1-5-2-13(10(17)12-8(5)16)9-6(14)7(15)11(19-9)3-18-4-11/h2,6-7,9,14-15H,3-4H2,1H3,(H,12,16,17)/t6-,7+,9-/m1/s1. The number of rotatable bonds is 1. The van der Waals surface area contributed by atoms with Crippen molar-refractivity contribution in [2.75, 3.05) is 13.2 Å². The second-order valence-corrected chi connectivity index (χ2v) is 4.98. The molecule has 0 radical (unpaired) electrons. The van der Waals surface area contributed by atoms with Crippen molar-refractivity contribution in [2.45, 2.75) is 31.0 Å². The van der Waals surface area contributed by atoms with Gasteiger partial charge in [-0.05, 0) is 6.92 Å². The molecule has 3 rings (SSSR count). The highest BCUT2D eigenvalue weighted by atomic mass is 16.6. The molecular formula is C11H14N2O6. The summed E-state index contributed by atoms with van der Waals surface area (Å²) in [6, 6.07) is 0. The first-order valence-corrected chi connectivity index (χ1v) is 5.88. The molecule has 2 aliphatic heterocycles. The SMILES string of the molecule is Cc1cn([C@@H]2OC3(COC3)[C@@H](O)[C@H]2O)c(=O)[nH]c1=O. The van der Waals surface area contributed by atoms with Crippen molar-refractivity contribution in [3.8, 4) is 0 Å². The second-order valence-electron chi connectivity index (χ2n) is 4.98. The molecule has 0 saturated carbocycles. The van der Waals surface area contributed by atoms with E-state index in [0.717, 1.165) is 4.57 Å². The van der Waals surface area contributed by atoms with E-state index in [0.29, 0.717) is 5.56 Å². The van der Waals surface area contributed by atoms with Crippen molar-refractivity contribution in [1.29, 1.82) is 0 Å². The Morgan fingerprint density at radius 1 is 1.42 bits per heavy atom. The average molecular weight is 270 g/mol. The monoisotopic (exact) mass is 270 g/mol. The topological polar surface area (TPSA) is 114 Å². The van der Waals surface area contributed by atoms with Gasteiger partial charge in [0.15, 0.2) is 6.23 Å². The average Bonchev–Trinajstić information content (AvgIpc) is 2.58. The van der Waals surface area contributed by atoms with Gasteiger partial charge in [-0.15, -0.1) is 0 Å². The molecule has 8 nitrogen and oxygen atoms in total. The lowest BCUT2D eigenvalue weighted by Gasteiger charge is -2.39. The van der Waals surface area contributed by atoms with Crippen LogP contribution in [0.3, 0.4) is 0 Å². The minimum absolute atomic E-state index is 0.165. The predicted octanol–water partition coefficient (Wildman–Crippen LogP) is -2.14. The zero-order valence-corrected chi connectivity index (χ0v) is 10.2. The van der Waals surface area contributed by atoms with E-state index in [2.05, 4.69) is 4.98 Å².